The summed E-state index contributed by atoms with van der Waals surface area (Å²) in [4.78, 5) is 36.7. The molecule has 2 unspecified atom stereocenters. The van der Waals surface area contributed by atoms with Crippen molar-refractivity contribution in [2.75, 3.05) is 6.54 Å². The van der Waals surface area contributed by atoms with Crippen molar-refractivity contribution in [2.45, 2.75) is 45.1 Å². The predicted molar refractivity (Wildman–Crippen MR) is 67.0 cm³/mol. The van der Waals surface area contributed by atoms with Crippen molar-refractivity contribution in [3.63, 3.8) is 0 Å². The molecule has 1 saturated carbocycles. The van der Waals surface area contributed by atoms with Crippen LogP contribution in [0.3, 0.4) is 0 Å². The lowest BCUT2D eigenvalue weighted by atomic mass is 9.67. The molecule has 0 radical (unpaired) electrons. The molecule has 106 valence electrons. The van der Waals surface area contributed by atoms with Gasteiger partial charge in [0.2, 0.25) is 11.8 Å². The first-order chi connectivity index (χ1) is 8.88. The van der Waals surface area contributed by atoms with E-state index in [1.165, 1.54) is 0 Å². The highest BCUT2D eigenvalue weighted by molar-refractivity contribution is 6.03. The zero-order valence-corrected chi connectivity index (χ0v) is 11.1. The second kappa shape index (κ2) is 4.83. The van der Waals surface area contributed by atoms with Gasteiger partial charge in [-0.25, -0.2) is 0 Å². The smallest absolute Gasteiger partial charge is 0.319 e. The fraction of sp³-hybridized carbons (Fsp3) is 0.769. The highest BCUT2D eigenvalue weighted by atomic mass is 16.4. The second-order valence-corrected chi connectivity index (χ2v) is 5.72. The summed E-state index contributed by atoms with van der Waals surface area (Å²) in [5.41, 5.74) is 4.04. The number of amides is 2. The maximum absolute atomic E-state index is 12.5. The number of carbonyl (C=O) groups is 3. The van der Waals surface area contributed by atoms with Crippen molar-refractivity contribution in [2.24, 2.45) is 17.1 Å². The Hall–Kier alpha value is -1.59. The van der Waals surface area contributed by atoms with Gasteiger partial charge in [0.1, 0.15) is 5.41 Å². The number of nitrogens with zero attached hydrogens (tertiary/aromatic N) is 1. The van der Waals surface area contributed by atoms with Gasteiger partial charge < -0.3 is 15.7 Å². The number of carboxylic acid groups (broad SMARTS) is 1. The van der Waals surface area contributed by atoms with E-state index in [1.807, 2.05) is 6.92 Å². The Kier molecular flexibility index (Phi) is 3.52. The van der Waals surface area contributed by atoms with Crippen LogP contribution in [0.2, 0.25) is 0 Å². The third kappa shape index (κ3) is 2.19. The van der Waals surface area contributed by atoms with Crippen LogP contribution in [0.4, 0.5) is 0 Å². The van der Waals surface area contributed by atoms with Gasteiger partial charge in [0.15, 0.2) is 0 Å². The van der Waals surface area contributed by atoms with Gasteiger partial charge in [0, 0.05) is 12.6 Å². The first-order valence-electron chi connectivity index (χ1n) is 6.72. The molecule has 2 fully saturated rings. The van der Waals surface area contributed by atoms with Crippen LogP contribution in [-0.2, 0) is 14.4 Å². The maximum atomic E-state index is 12.5. The van der Waals surface area contributed by atoms with E-state index in [-0.39, 0.29) is 24.4 Å². The molecule has 1 saturated heterocycles. The Morgan fingerprint density at radius 1 is 1.26 bits per heavy atom. The molecule has 0 aromatic rings. The lowest BCUT2D eigenvalue weighted by Gasteiger charge is -2.45. The molecule has 2 rings (SSSR count). The van der Waals surface area contributed by atoms with E-state index in [2.05, 4.69) is 0 Å². The molecule has 6 heteroatoms. The molecule has 1 aliphatic heterocycles. The van der Waals surface area contributed by atoms with Crippen molar-refractivity contribution < 1.29 is 19.5 Å². The number of hydrogen-bond donors (Lipinski definition) is 2. The minimum absolute atomic E-state index is 0.0278. The van der Waals surface area contributed by atoms with Crippen LogP contribution >= 0.6 is 0 Å². The number of aliphatic carboxylic acids is 1. The van der Waals surface area contributed by atoms with Crippen LogP contribution in [0.25, 0.3) is 0 Å². The summed E-state index contributed by atoms with van der Waals surface area (Å²) >= 11 is 0. The summed E-state index contributed by atoms with van der Waals surface area (Å²) in [6.45, 7) is 2.15. The number of hydrogen-bond acceptors (Lipinski definition) is 3. The molecule has 0 aromatic heterocycles. The summed E-state index contributed by atoms with van der Waals surface area (Å²) in [6, 6.07) is -0.0278. The van der Waals surface area contributed by atoms with Crippen LogP contribution in [0, 0.1) is 11.3 Å². The fourth-order valence-corrected chi connectivity index (χ4v) is 2.95. The molecule has 2 amide bonds. The Bertz CT molecular complexity index is 417. The van der Waals surface area contributed by atoms with Gasteiger partial charge in [-0.2, -0.15) is 0 Å². The third-order valence-corrected chi connectivity index (χ3v) is 4.57. The van der Waals surface area contributed by atoms with Gasteiger partial charge in [0.05, 0.1) is 5.92 Å². The molecule has 2 atom stereocenters. The standard InChI is InChI=1S/C13H20N2O4/c1-8-3-4-9(10(14)16)7-15(8)11(17)13(12(18)19)5-2-6-13/h8-9H,2-7H2,1H3,(H2,14,16)(H,18,19). The number of rotatable bonds is 3. The van der Waals surface area contributed by atoms with Crippen molar-refractivity contribution in [1.29, 1.82) is 0 Å². The van der Waals surface area contributed by atoms with E-state index in [1.54, 1.807) is 4.90 Å². The van der Waals surface area contributed by atoms with Crippen molar-refractivity contribution in [3.8, 4) is 0 Å². The van der Waals surface area contributed by atoms with Gasteiger partial charge in [-0.15, -0.1) is 0 Å². The number of nitrogens with two attached hydrogens (primary N) is 1. The Balaban J connectivity index is 2.17. The zero-order chi connectivity index (χ0) is 14.2. The van der Waals surface area contributed by atoms with Gasteiger partial charge in [-0.05, 0) is 32.6 Å². The number of carboxylic acids is 1. The molecule has 19 heavy (non-hydrogen) atoms. The van der Waals surface area contributed by atoms with E-state index in [9.17, 15) is 19.5 Å². The normalized spacial score (nSPS) is 29.4. The molecule has 1 aliphatic carbocycles. The van der Waals surface area contributed by atoms with E-state index < -0.39 is 17.3 Å². The minimum Gasteiger partial charge on any atom is -0.480 e. The first kappa shape index (κ1) is 13.8. The lowest BCUT2D eigenvalue weighted by Crippen LogP contribution is -2.58. The largest absolute Gasteiger partial charge is 0.480 e. The van der Waals surface area contributed by atoms with E-state index in [0.29, 0.717) is 25.7 Å². The predicted octanol–water partition coefficient (Wildman–Crippen LogP) is 0.354. The molecule has 0 spiro atoms. The van der Waals surface area contributed by atoms with Crippen LogP contribution in [-0.4, -0.2) is 40.4 Å². The van der Waals surface area contributed by atoms with E-state index >= 15 is 0 Å². The van der Waals surface area contributed by atoms with E-state index in [4.69, 9.17) is 5.73 Å². The van der Waals surface area contributed by atoms with Crippen LogP contribution in [0.5, 0.6) is 0 Å². The topological polar surface area (TPSA) is 101 Å². The quantitative estimate of drug-likeness (QED) is 0.721. The van der Waals surface area contributed by atoms with Gasteiger partial charge in [-0.3, -0.25) is 14.4 Å². The number of primary amides is 1. The van der Waals surface area contributed by atoms with Crippen LogP contribution < -0.4 is 5.73 Å². The summed E-state index contributed by atoms with van der Waals surface area (Å²) in [7, 11) is 0. The zero-order valence-electron chi connectivity index (χ0n) is 11.1. The highest BCUT2D eigenvalue weighted by Gasteiger charge is 2.54. The SMILES string of the molecule is CC1CCC(C(N)=O)CN1C(=O)C1(C(=O)O)CCC1. The molecule has 0 bridgehead atoms. The Morgan fingerprint density at radius 2 is 1.89 bits per heavy atom. The third-order valence-electron chi connectivity index (χ3n) is 4.57. The average molecular weight is 268 g/mol. The van der Waals surface area contributed by atoms with Crippen molar-refractivity contribution >= 4 is 17.8 Å². The summed E-state index contributed by atoms with van der Waals surface area (Å²) < 4.78 is 0. The second-order valence-electron chi connectivity index (χ2n) is 5.72. The molecule has 0 aromatic carbocycles. The van der Waals surface area contributed by atoms with Crippen molar-refractivity contribution in [1.82, 2.24) is 4.90 Å². The molecule has 3 N–H and O–H groups in total. The molecule has 6 nitrogen and oxygen atoms in total. The maximum Gasteiger partial charge on any atom is 0.319 e. The minimum atomic E-state index is -1.26. The Morgan fingerprint density at radius 3 is 2.32 bits per heavy atom. The van der Waals surface area contributed by atoms with Gasteiger partial charge >= 0.3 is 5.97 Å². The summed E-state index contributed by atoms with van der Waals surface area (Å²) in [5, 5.41) is 9.31. The van der Waals surface area contributed by atoms with E-state index in [0.717, 1.165) is 6.42 Å². The molecule has 2 aliphatic rings. The molecule has 1 heterocycles. The highest BCUT2D eigenvalue weighted by Crippen LogP contribution is 2.44. The van der Waals surface area contributed by atoms with Crippen LogP contribution in [0.1, 0.15) is 39.0 Å². The lowest BCUT2D eigenvalue weighted by molar-refractivity contribution is -0.169. The first-order valence-corrected chi connectivity index (χ1v) is 6.72. The summed E-state index contributed by atoms with van der Waals surface area (Å²) in [6.07, 6.45) is 2.91. The number of likely N-dealkylation sites (tertiary alicyclic amines) is 1. The monoisotopic (exact) mass is 268 g/mol. The van der Waals surface area contributed by atoms with Gasteiger partial charge in [0.25, 0.3) is 0 Å². The number of piperidine rings is 1. The van der Waals surface area contributed by atoms with Crippen LogP contribution in [0.15, 0.2) is 0 Å². The molecular weight excluding hydrogens is 248 g/mol. The summed E-state index contributed by atoms with van der Waals surface area (Å²) in [5.74, 6) is -2.16. The van der Waals surface area contributed by atoms with Gasteiger partial charge in [-0.1, -0.05) is 6.42 Å². The average Bonchev–Trinajstić information content (AvgIpc) is 2.26. The van der Waals surface area contributed by atoms with Crippen molar-refractivity contribution in [3.05, 3.63) is 0 Å². The fourth-order valence-electron chi connectivity index (χ4n) is 2.95. The Labute approximate surface area is 111 Å². The number of carbonyl (C=O) groups excluding carboxylic acids is 2. The molecular formula is C13H20N2O4.